The van der Waals surface area contributed by atoms with Crippen LogP contribution in [0, 0.1) is 0 Å². The van der Waals surface area contributed by atoms with Gasteiger partial charge in [0.25, 0.3) is 0 Å². The van der Waals surface area contributed by atoms with E-state index in [2.05, 4.69) is 10.2 Å². The van der Waals surface area contributed by atoms with Crippen LogP contribution in [-0.2, 0) is 22.6 Å². The van der Waals surface area contributed by atoms with Crippen LogP contribution in [0.25, 0.3) is 0 Å². The molecule has 6 nitrogen and oxygen atoms in total. The minimum absolute atomic E-state index is 0.0603. The molecular formula is C23H29N3O3. The first-order valence-electron chi connectivity index (χ1n) is 9.99. The molecule has 154 valence electrons. The van der Waals surface area contributed by atoms with Crippen molar-refractivity contribution in [1.82, 2.24) is 15.1 Å². The number of ether oxygens (including phenoxy) is 1. The number of carbonyl (C=O) groups is 2. The molecule has 29 heavy (non-hydrogen) atoms. The number of rotatable bonds is 7. The van der Waals surface area contributed by atoms with Gasteiger partial charge in [0.1, 0.15) is 12.6 Å². The van der Waals surface area contributed by atoms with E-state index in [0.717, 1.165) is 17.5 Å². The van der Waals surface area contributed by atoms with Crippen LogP contribution < -0.4 is 5.32 Å². The van der Waals surface area contributed by atoms with Gasteiger partial charge in [0, 0.05) is 25.6 Å². The first-order chi connectivity index (χ1) is 14.0. The van der Waals surface area contributed by atoms with E-state index in [0.29, 0.717) is 25.6 Å². The van der Waals surface area contributed by atoms with E-state index in [1.165, 1.54) is 0 Å². The van der Waals surface area contributed by atoms with Gasteiger partial charge in [-0.15, -0.1) is 0 Å². The molecule has 1 aliphatic rings. The average molecular weight is 396 g/mol. The zero-order chi connectivity index (χ0) is 20.6. The zero-order valence-corrected chi connectivity index (χ0v) is 17.1. The second-order valence-electron chi connectivity index (χ2n) is 7.64. The topological polar surface area (TPSA) is 61.9 Å². The lowest BCUT2D eigenvalue weighted by Crippen LogP contribution is -2.49. The minimum atomic E-state index is -0.651. The van der Waals surface area contributed by atoms with Gasteiger partial charge in [-0.25, -0.2) is 4.79 Å². The summed E-state index contributed by atoms with van der Waals surface area (Å²) < 4.78 is 5.34. The molecule has 0 radical (unpaired) electrons. The number of nitrogens with one attached hydrogen (secondary N) is 1. The number of likely N-dealkylation sites (N-methyl/N-ethyl adjacent to an activating group) is 1. The number of nitrogens with zero attached hydrogens (tertiary/aromatic N) is 2. The van der Waals surface area contributed by atoms with Crippen LogP contribution >= 0.6 is 0 Å². The van der Waals surface area contributed by atoms with Gasteiger partial charge in [-0.2, -0.15) is 0 Å². The summed E-state index contributed by atoms with van der Waals surface area (Å²) in [5.41, 5.74) is 1.90. The fraction of sp³-hybridized carbons (Fsp3) is 0.391. The summed E-state index contributed by atoms with van der Waals surface area (Å²) in [5.74, 6) is -0.0603. The molecule has 0 spiro atoms. The van der Waals surface area contributed by atoms with E-state index in [1.54, 1.807) is 0 Å². The first kappa shape index (κ1) is 20.9. The van der Waals surface area contributed by atoms with Crippen molar-refractivity contribution < 1.29 is 14.3 Å². The summed E-state index contributed by atoms with van der Waals surface area (Å²) in [7, 11) is 4.05. The Morgan fingerprint density at radius 3 is 2.28 bits per heavy atom. The molecule has 2 amide bonds. The zero-order valence-electron chi connectivity index (χ0n) is 17.1. The molecule has 0 aliphatic carbocycles. The second-order valence-corrected chi connectivity index (χ2v) is 7.64. The molecule has 1 saturated heterocycles. The highest BCUT2D eigenvalue weighted by molar-refractivity contribution is 5.86. The monoisotopic (exact) mass is 395 g/mol. The van der Waals surface area contributed by atoms with Crippen molar-refractivity contribution in [3.8, 4) is 0 Å². The minimum Gasteiger partial charge on any atom is -0.445 e. The lowest BCUT2D eigenvalue weighted by molar-refractivity contribution is -0.132. The number of likely N-dealkylation sites (tertiary alicyclic amines) is 1. The second kappa shape index (κ2) is 10.1. The molecule has 0 bridgehead atoms. The number of carbonyl (C=O) groups excluding carboxylic acids is 2. The average Bonchev–Trinajstić information content (AvgIpc) is 3.23. The molecule has 2 aromatic rings. The van der Waals surface area contributed by atoms with Crippen molar-refractivity contribution in [3.63, 3.8) is 0 Å². The van der Waals surface area contributed by atoms with E-state index in [4.69, 9.17) is 4.74 Å². The first-order valence-corrected chi connectivity index (χ1v) is 9.99. The van der Waals surface area contributed by atoms with Gasteiger partial charge in [0.2, 0.25) is 5.91 Å². The van der Waals surface area contributed by atoms with Crippen LogP contribution in [0.1, 0.15) is 17.5 Å². The van der Waals surface area contributed by atoms with Crippen molar-refractivity contribution in [2.75, 3.05) is 27.2 Å². The third kappa shape index (κ3) is 6.06. The van der Waals surface area contributed by atoms with Crippen molar-refractivity contribution in [2.45, 2.75) is 31.5 Å². The number of hydrogen-bond donors (Lipinski definition) is 1. The molecule has 3 rings (SSSR count). The standard InChI is InChI=1S/C23H29N3O3/c1-25(2)20-13-14-26(16-20)22(27)21(15-18-9-5-3-6-10-18)24-23(28)29-17-19-11-7-4-8-12-19/h3-12,20-21H,13-17H2,1-2H3,(H,24,28). The third-order valence-corrected chi connectivity index (χ3v) is 5.29. The van der Waals surface area contributed by atoms with E-state index >= 15 is 0 Å². The van der Waals surface area contributed by atoms with Crippen LogP contribution in [0.5, 0.6) is 0 Å². The van der Waals surface area contributed by atoms with E-state index in [-0.39, 0.29) is 12.5 Å². The summed E-state index contributed by atoms with van der Waals surface area (Å²) in [5, 5.41) is 2.79. The Morgan fingerprint density at radius 2 is 1.69 bits per heavy atom. The molecule has 0 saturated carbocycles. The number of hydrogen-bond acceptors (Lipinski definition) is 4. The lowest BCUT2D eigenvalue weighted by Gasteiger charge is -2.25. The van der Waals surface area contributed by atoms with Crippen LogP contribution in [0.2, 0.25) is 0 Å². The number of benzene rings is 2. The van der Waals surface area contributed by atoms with Gasteiger partial charge in [0.15, 0.2) is 0 Å². The fourth-order valence-corrected chi connectivity index (χ4v) is 3.54. The summed E-state index contributed by atoms with van der Waals surface area (Å²) in [6.07, 6.45) is 0.796. The molecule has 2 aromatic carbocycles. The van der Waals surface area contributed by atoms with Crippen LogP contribution in [0.4, 0.5) is 4.79 Å². The molecule has 2 atom stereocenters. The van der Waals surface area contributed by atoms with E-state index in [9.17, 15) is 9.59 Å². The van der Waals surface area contributed by atoms with Crippen LogP contribution in [-0.4, -0.2) is 61.1 Å². The smallest absolute Gasteiger partial charge is 0.408 e. The predicted octanol–water partition coefficient (Wildman–Crippen LogP) is 2.69. The van der Waals surface area contributed by atoms with Gasteiger partial charge in [-0.05, 0) is 31.6 Å². The summed E-state index contributed by atoms with van der Waals surface area (Å²) in [6.45, 7) is 1.55. The predicted molar refractivity (Wildman–Crippen MR) is 112 cm³/mol. The maximum absolute atomic E-state index is 13.2. The molecule has 6 heteroatoms. The van der Waals surface area contributed by atoms with Crippen LogP contribution in [0.3, 0.4) is 0 Å². The maximum Gasteiger partial charge on any atom is 0.408 e. The molecule has 1 heterocycles. The molecule has 1 fully saturated rings. The van der Waals surface area contributed by atoms with Crippen molar-refractivity contribution >= 4 is 12.0 Å². The summed E-state index contributed by atoms with van der Waals surface area (Å²) in [4.78, 5) is 29.5. The fourth-order valence-electron chi connectivity index (χ4n) is 3.54. The molecular weight excluding hydrogens is 366 g/mol. The van der Waals surface area contributed by atoms with Crippen LogP contribution in [0.15, 0.2) is 60.7 Å². The van der Waals surface area contributed by atoms with E-state index in [1.807, 2.05) is 79.7 Å². The Kier molecular flexibility index (Phi) is 7.25. The maximum atomic E-state index is 13.2. The van der Waals surface area contributed by atoms with Gasteiger partial charge in [-0.3, -0.25) is 4.79 Å². The SMILES string of the molecule is CN(C)C1CCN(C(=O)C(Cc2ccccc2)NC(=O)OCc2ccccc2)C1. The Bertz CT molecular complexity index is 796. The van der Waals surface area contributed by atoms with Crippen molar-refractivity contribution in [2.24, 2.45) is 0 Å². The molecule has 2 unspecified atom stereocenters. The van der Waals surface area contributed by atoms with Gasteiger partial charge in [0.05, 0.1) is 0 Å². The van der Waals surface area contributed by atoms with Gasteiger partial charge in [-0.1, -0.05) is 60.7 Å². The Morgan fingerprint density at radius 1 is 1.07 bits per heavy atom. The lowest BCUT2D eigenvalue weighted by atomic mass is 10.1. The Balaban J connectivity index is 1.64. The molecule has 0 aromatic heterocycles. The highest BCUT2D eigenvalue weighted by Crippen LogP contribution is 2.16. The highest BCUT2D eigenvalue weighted by Gasteiger charge is 2.32. The van der Waals surface area contributed by atoms with Gasteiger partial charge < -0.3 is 19.9 Å². The Labute approximate surface area is 172 Å². The van der Waals surface area contributed by atoms with E-state index < -0.39 is 12.1 Å². The number of alkyl carbamates (subject to hydrolysis) is 1. The number of amides is 2. The highest BCUT2D eigenvalue weighted by atomic mass is 16.5. The quantitative estimate of drug-likeness (QED) is 0.783. The molecule has 1 N–H and O–H groups in total. The summed E-state index contributed by atoms with van der Waals surface area (Å²) in [6, 6.07) is 18.9. The van der Waals surface area contributed by atoms with Gasteiger partial charge >= 0.3 is 6.09 Å². The third-order valence-electron chi connectivity index (χ3n) is 5.29. The van der Waals surface area contributed by atoms with Crippen molar-refractivity contribution in [1.29, 1.82) is 0 Å². The molecule has 1 aliphatic heterocycles. The summed E-state index contributed by atoms with van der Waals surface area (Å²) >= 11 is 0. The Hall–Kier alpha value is -2.86. The van der Waals surface area contributed by atoms with Crippen molar-refractivity contribution in [3.05, 3.63) is 71.8 Å². The largest absolute Gasteiger partial charge is 0.445 e. The normalized spacial score (nSPS) is 17.2.